The zero-order valence-electron chi connectivity index (χ0n) is 12.3. The van der Waals surface area contributed by atoms with Gasteiger partial charge in [-0.1, -0.05) is 35.0 Å². The molecular formula is C16H12BrF4O3-. The van der Waals surface area contributed by atoms with Crippen LogP contribution in [0, 0.1) is 23.3 Å². The number of benzene rings is 2. The van der Waals surface area contributed by atoms with Crippen molar-refractivity contribution in [3.05, 3.63) is 70.8 Å². The lowest BCUT2D eigenvalue weighted by atomic mass is 9.86. The highest BCUT2D eigenvalue weighted by atomic mass is 79.9. The van der Waals surface area contributed by atoms with Crippen molar-refractivity contribution in [3.8, 4) is 0 Å². The maximum atomic E-state index is 13.2. The van der Waals surface area contributed by atoms with Gasteiger partial charge in [0.05, 0.1) is 5.97 Å². The summed E-state index contributed by atoms with van der Waals surface area (Å²) in [6.07, 6.45) is 0. The van der Waals surface area contributed by atoms with Gasteiger partial charge in [-0.25, -0.2) is 17.6 Å². The van der Waals surface area contributed by atoms with E-state index < -0.39 is 46.0 Å². The van der Waals surface area contributed by atoms with Crippen LogP contribution < -0.4 is 5.11 Å². The van der Waals surface area contributed by atoms with Gasteiger partial charge in [0.2, 0.25) is 0 Å². The third kappa shape index (κ3) is 4.12. The highest BCUT2D eigenvalue weighted by molar-refractivity contribution is 9.09. The minimum Gasteiger partial charge on any atom is -0.546 e. The van der Waals surface area contributed by atoms with E-state index in [2.05, 4.69) is 15.9 Å². The Morgan fingerprint density at radius 2 is 1.33 bits per heavy atom. The Morgan fingerprint density at radius 1 is 1.00 bits per heavy atom. The number of halogens is 5. The number of hydrogen-bond donors (Lipinski definition) is 1. The fraction of sp³-hybridized carbons (Fsp3) is 0.188. The molecule has 130 valence electrons. The monoisotopic (exact) mass is 407 g/mol. The lowest BCUT2D eigenvalue weighted by Gasteiger charge is -2.30. The zero-order valence-corrected chi connectivity index (χ0v) is 13.9. The average molecular weight is 408 g/mol. The van der Waals surface area contributed by atoms with E-state index in [1.54, 1.807) is 0 Å². The molecule has 2 aromatic carbocycles. The van der Waals surface area contributed by atoms with Crippen LogP contribution >= 0.6 is 15.9 Å². The van der Waals surface area contributed by atoms with Crippen molar-refractivity contribution in [1.82, 2.24) is 0 Å². The Bertz CT molecular complexity index is 686. The maximum Gasteiger partial charge on any atom is 0.159 e. The van der Waals surface area contributed by atoms with E-state index in [9.17, 15) is 32.6 Å². The molecule has 0 spiro atoms. The number of aliphatic carboxylic acids is 1. The van der Waals surface area contributed by atoms with Crippen molar-refractivity contribution >= 4 is 21.9 Å². The Morgan fingerprint density at radius 3 is 1.58 bits per heavy atom. The number of hydrogen-bond acceptors (Lipinski definition) is 3. The van der Waals surface area contributed by atoms with Crippen molar-refractivity contribution < 1.29 is 32.6 Å². The largest absolute Gasteiger partial charge is 0.546 e. The Kier molecular flexibility index (Phi) is 6.92. The molecule has 0 saturated carbocycles. The van der Waals surface area contributed by atoms with Gasteiger partial charge in [-0.05, 0) is 35.4 Å². The second-order valence-corrected chi connectivity index (χ2v) is 5.64. The van der Waals surface area contributed by atoms with Crippen LogP contribution in [-0.2, 0) is 10.4 Å². The number of carboxylic acid groups (broad SMARTS) is 1. The molecular weight excluding hydrogens is 396 g/mol. The molecule has 0 atom stereocenters. The summed E-state index contributed by atoms with van der Waals surface area (Å²) in [7, 11) is 0. The van der Waals surface area contributed by atoms with Gasteiger partial charge in [0, 0.05) is 5.33 Å². The van der Waals surface area contributed by atoms with Crippen LogP contribution in [0.5, 0.6) is 0 Å². The highest BCUT2D eigenvalue weighted by Gasteiger charge is 2.35. The second kappa shape index (κ2) is 8.25. The number of aliphatic hydroxyl groups is 1. The smallest absolute Gasteiger partial charge is 0.159 e. The van der Waals surface area contributed by atoms with Crippen molar-refractivity contribution in [1.29, 1.82) is 0 Å². The topological polar surface area (TPSA) is 60.4 Å². The van der Waals surface area contributed by atoms with Crippen molar-refractivity contribution in [3.63, 3.8) is 0 Å². The minimum absolute atomic E-state index is 0.437. The lowest BCUT2D eigenvalue weighted by Crippen LogP contribution is -2.47. The summed E-state index contributed by atoms with van der Waals surface area (Å²) in [5, 5.41) is 22.5. The molecule has 24 heavy (non-hydrogen) atoms. The summed E-state index contributed by atoms with van der Waals surface area (Å²) in [5.41, 5.74) is -4.14. The van der Waals surface area contributed by atoms with Crippen LogP contribution in [0.3, 0.4) is 0 Å². The average Bonchev–Trinajstić information content (AvgIpc) is 2.52. The molecule has 2 rings (SSSR count). The van der Waals surface area contributed by atoms with Crippen LogP contribution in [0.1, 0.15) is 18.1 Å². The molecule has 0 radical (unpaired) electrons. The predicted molar refractivity (Wildman–Crippen MR) is 80.2 cm³/mol. The van der Waals surface area contributed by atoms with E-state index in [1.165, 1.54) is 0 Å². The van der Waals surface area contributed by atoms with Gasteiger partial charge in [-0.2, -0.15) is 0 Å². The Hall–Kier alpha value is -1.93. The van der Waals surface area contributed by atoms with Crippen LogP contribution in [0.4, 0.5) is 17.6 Å². The first-order chi connectivity index (χ1) is 11.2. The van der Waals surface area contributed by atoms with E-state index >= 15 is 0 Å². The van der Waals surface area contributed by atoms with E-state index in [0.717, 1.165) is 17.5 Å². The molecule has 0 fully saturated rings. The number of carbonyl (C=O) groups is 1. The zero-order chi connectivity index (χ0) is 18.5. The molecule has 0 aromatic heterocycles. The number of alkyl halides is 1. The molecule has 2 aromatic rings. The second-order valence-electron chi connectivity index (χ2n) is 4.52. The molecule has 0 heterocycles. The summed E-state index contributed by atoms with van der Waals surface area (Å²) >= 11 is 3.15. The third-order valence-electron chi connectivity index (χ3n) is 2.97. The van der Waals surface area contributed by atoms with Crippen LogP contribution in [-0.4, -0.2) is 16.4 Å². The first-order valence-corrected chi connectivity index (χ1v) is 7.71. The molecule has 0 saturated heterocycles. The number of carboxylic acids is 1. The molecule has 8 heteroatoms. The summed E-state index contributed by atoms with van der Waals surface area (Å²) in [4.78, 5) is 11.2. The standard InChI is InChI=1S/C14H8F4O3.C2H5Br/c15-9-3-1-7(5-11(9)17)14(21,13(19)20)8-2-4-10(16)12(18)6-8;1-2-3/h1-6,21H,(H,19,20);2H2,1H3/p-1. The Labute approximate surface area is 143 Å². The quantitative estimate of drug-likeness (QED) is 0.628. The van der Waals surface area contributed by atoms with E-state index in [-0.39, 0.29) is 0 Å². The van der Waals surface area contributed by atoms with Gasteiger partial charge in [-0.15, -0.1) is 0 Å². The Balaban J connectivity index is 0.000000891. The van der Waals surface area contributed by atoms with Crippen molar-refractivity contribution in [2.24, 2.45) is 0 Å². The van der Waals surface area contributed by atoms with Gasteiger partial charge >= 0.3 is 0 Å². The summed E-state index contributed by atoms with van der Waals surface area (Å²) in [5.74, 6) is -7.43. The maximum absolute atomic E-state index is 13.2. The fourth-order valence-electron chi connectivity index (χ4n) is 1.84. The number of rotatable bonds is 3. The fourth-order valence-corrected chi connectivity index (χ4v) is 1.84. The van der Waals surface area contributed by atoms with Gasteiger partial charge < -0.3 is 15.0 Å². The molecule has 0 amide bonds. The summed E-state index contributed by atoms with van der Waals surface area (Å²) in [6.45, 7) is 2.04. The van der Waals surface area contributed by atoms with E-state index in [0.29, 0.717) is 24.3 Å². The molecule has 0 aliphatic heterocycles. The van der Waals surface area contributed by atoms with Gasteiger partial charge in [0.25, 0.3) is 0 Å². The summed E-state index contributed by atoms with van der Waals surface area (Å²) < 4.78 is 52.2. The molecule has 0 aliphatic carbocycles. The van der Waals surface area contributed by atoms with Crippen molar-refractivity contribution in [2.75, 3.05) is 5.33 Å². The third-order valence-corrected chi connectivity index (χ3v) is 2.97. The van der Waals surface area contributed by atoms with Crippen LogP contribution in [0.25, 0.3) is 0 Å². The molecule has 3 nitrogen and oxygen atoms in total. The van der Waals surface area contributed by atoms with Gasteiger partial charge in [0.1, 0.15) is 0 Å². The minimum atomic E-state index is -2.96. The molecule has 0 bridgehead atoms. The lowest BCUT2D eigenvalue weighted by molar-refractivity contribution is -0.322. The SMILES string of the molecule is CCBr.O=C([O-])C(O)(c1ccc(F)c(F)c1)c1ccc(F)c(F)c1. The highest BCUT2D eigenvalue weighted by Crippen LogP contribution is 2.31. The van der Waals surface area contributed by atoms with E-state index in [4.69, 9.17) is 0 Å². The molecule has 0 unspecified atom stereocenters. The van der Waals surface area contributed by atoms with Crippen molar-refractivity contribution in [2.45, 2.75) is 12.5 Å². The predicted octanol–water partition coefficient (Wildman–Crippen LogP) is 2.63. The molecule has 1 N–H and O–H groups in total. The normalized spacial score (nSPS) is 10.8. The van der Waals surface area contributed by atoms with Crippen LogP contribution in [0.15, 0.2) is 36.4 Å². The first kappa shape index (κ1) is 20.1. The van der Waals surface area contributed by atoms with E-state index in [1.807, 2.05) is 6.92 Å². The number of carbonyl (C=O) groups excluding carboxylic acids is 1. The summed E-state index contributed by atoms with van der Waals surface area (Å²) in [6, 6.07) is 3.67. The molecule has 0 aliphatic rings. The van der Waals surface area contributed by atoms with Gasteiger partial charge in [-0.3, -0.25) is 0 Å². The first-order valence-electron chi connectivity index (χ1n) is 6.59. The van der Waals surface area contributed by atoms with Crippen LogP contribution in [0.2, 0.25) is 0 Å². The van der Waals surface area contributed by atoms with Gasteiger partial charge in [0.15, 0.2) is 28.9 Å².